The van der Waals surface area contributed by atoms with Gasteiger partial charge in [0.05, 0.1) is 6.16 Å². The molecule has 7 heteroatoms. The number of alkyl halides is 3. The molecule has 1 unspecified atom stereocenters. The summed E-state index contributed by atoms with van der Waals surface area (Å²) in [6.07, 6.45) is -6.11. The molecule has 0 saturated heterocycles. The molecule has 0 fully saturated rings. The molecule has 0 aliphatic carbocycles. The smallest absolute Gasteiger partial charge is 0.421 e. The predicted molar refractivity (Wildman–Crippen MR) is 128 cm³/mol. The van der Waals surface area contributed by atoms with E-state index in [1.165, 1.54) is 36.4 Å². The molecule has 34 heavy (non-hydrogen) atoms. The van der Waals surface area contributed by atoms with Gasteiger partial charge in [-0.25, -0.2) is 0 Å². The van der Waals surface area contributed by atoms with Crippen molar-refractivity contribution in [2.75, 3.05) is 6.16 Å². The normalized spacial score (nSPS) is 13.8. The molecule has 0 radical (unpaired) electrons. The van der Waals surface area contributed by atoms with Gasteiger partial charge in [0.15, 0.2) is 5.60 Å². The third-order valence-corrected chi connectivity index (χ3v) is 8.75. The minimum atomic E-state index is -5.08. The lowest BCUT2D eigenvalue weighted by atomic mass is 9.95. The topological polar surface area (TPSA) is 46.5 Å². The van der Waals surface area contributed by atoms with Crippen LogP contribution in [-0.2, 0) is 10.2 Å². The zero-order chi connectivity index (χ0) is 24.2. The van der Waals surface area contributed by atoms with E-state index in [2.05, 4.69) is 0 Å². The largest absolute Gasteiger partial charge is 0.457 e. The van der Waals surface area contributed by atoms with E-state index in [-0.39, 0.29) is 10.6 Å². The summed E-state index contributed by atoms with van der Waals surface area (Å²) < 4.78 is 63.1. The van der Waals surface area contributed by atoms with Crippen molar-refractivity contribution in [2.24, 2.45) is 0 Å². The Bertz CT molecular complexity index is 1220. The number of para-hydroxylation sites is 1. The van der Waals surface area contributed by atoms with Gasteiger partial charge in [-0.05, 0) is 29.8 Å². The summed E-state index contributed by atoms with van der Waals surface area (Å²) in [6.45, 7) is 0. The van der Waals surface area contributed by atoms with E-state index in [4.69, 9.17) is 4.74 Å². The van der Waals surface area contributed by atoms with Crippen molar-refractivity contribution in [2.45, 2.75) is 11.8 Å². The Morgan fingerprint density at radius 3 is 1.50 bits per heavy atom. The molecule has 0 bridgehead atoms. The Balaban J connectivity index is 1.75. The number of rotatable bonds is 7. The van der Waals surface area contributed by atoms with Gasteiger partial charge in [-0.2, -0.15) is 13.2 Å². The predicted octanol–water partition coefficient (Wildman–Crippen LogP) is 6.24. The Kier molecular flexibility index (Phi) is 6.65. The van der Waals surface area contributed by atoms with E-state index < -0.39 is 30.6 Å². The molecule has 4 aromatic rings. The van der Waals surface area contributed by atoms with E-state index in [0.717, 1.165) is 12.1 Å². The van der Waals surface area contributed by atoms with Crippen LogP contribution in [0, 0.1) is 0 Å². The minimum absolute atomic E-state index is 0.243. The summed E-state index contributed by atoms with van der Waals surface area (Å²) in [4.78, 5) is 0. The van der Waals surface area contributed by atoms with Crippen LogP contribution in [0.15, 0.2) is 115 Å². The van der Waals surface area contributed by atoms with Gasteiger partial charge in [0.2, 0.25) is 0 Å². The van der Waals surface area contributed by atoms with Crippen LogP contribution >= 0.6 is 7.14 Å². The van der Waals surface area contributed by atoms with E-state index in [0.29, 0.717) is 11.5 Å². The maximum absolute atomic E-state index is 14.4. The summed E-state index contributed by atoms with van der Waals surface area (Å²) in [5.41, 5.74) is -3.76. The Labute approximate surface area is 195 Å². The fourth-order valence-corrected chi connectivity index (χ4v) is 6.74. The summed E-state index contributed by atoms with van der Waals surface area (Å²) in [6, 6.07) is 29.8. The van der Waals surface area contributed by atoms with E-state index in [1.807, 2.05) is 6.07 Å². The third kappa shape index (κ3) is 4.79. The molecule has 0 aliphatic heterocycles. The van der Waals surface area contributed by atoms with E-state index in [9.17, 15) is 22.8 Å². The number of aliphatic hydroxyl groups is 1. The lowest BCUT2D eigenvalue weighted by Crippen LogP contribution is -2.47. The fraction of sp³-hybridized carbons (Fsp3) is 0.111. The second-order valence-electron chi connectivity index (χ2n) is 7.87. The molecule has 1 N–H and O–H groups in total. The average molecular weight is 482 g/mol. The van der Waals surface area contributed by atoms with Gasteiger partial charge < -0.3 is 14.4 Å². The molecule has 0 spiro atoms. The van der Waals surface area contributed by atoms with Gasteiger partial charge in [-0.3, -0.25) is 0 Å². The maximum atomic E-state index is 14.4. The first-order valence-corrected chi connectivity index (χ1v) is 12.4. The van der Waals surface area contributed by atoms with Crippen molar-refractivity contribution >= 4 is 17.8 Å². The molecular weight excluding hydrogens is 460 g/mol. The van der Waals surface area contributed by atoms with E-state index >= 15 is 0 Å². The summed E-state index contributed by atoms with van der Waals surface area (Å²) >= 11 is 0. The molecular formula is C27H22F3O3P. The van der Waals surface area contributed by atoms with Crippen molar-refractivity contribution in [3.8, 4) is 11.5 Å². The SMILES string of the molecule is O=P(CC(O)(c1ccc(Oc2ccccc2)cc1)C(F)(F)F)(c1ccccc1)c1ccccc1. The number of halogens is 3. The summed E-state index contributed by atoms with van der Waals surface area (Å²) in [5.74, 6) is 0.841. The van der Waals surface area contributed by atoms with Crippen LogP contribution in [-0.4, -0.2) is 17.4 Å². The highest BCUT2D eigenvalue weighted by atomic mass is 31.2. The van der Waals surface area contributed by atoms with Gasteiger partial charge in [-0.15, -0.1) is 0 Å². The lowest BCUT2D eigenvalue weighted by molar-refractivity contribution is -0.257. The first-order chi connectivity index (χ1) is 16.2. The zero-order valence-corrected chi connectivity index (χ0v) is 18.9. The van der Waals surface area contributed by atoms with Gasteiger partial charge in [-0.1, -0.05) is 91.0 Å². The van der Waals surface area contributed by atoms with Gasteiger partial charge in [0.25, 0.3) is 0 Å². The lowest BCUT2D eigenvalue weighted by Gasteiger charge is -2.34. The van der Waals surface area contributed by atoms with Crippen LogP contribution in [0.1, 0.15) is 5.56 Å². The van der Waals surface area contributed by atoms with Crippen LogP contribution in [0.2, 0.25) is 0 Å². The quantitative estimate of drug-likeness (QED) is 0.317. The summed E-state index contributed by atoms with van der Waals surface area (Å²) in [5, 5.41) is 11.6. The highest BCUT2D eigenvalue weighted by Gasteiger charge is 2.58. The molecule has 3 nitrogen and oxygen atoms in total. The minimum Gasteiger partial charge on any atom is -0.457 e. The van der Waals surface area contributed by atoms with Gasteiger partial charge >= 0.3 is 6.18 Å². The standard InChI is InChI=1S/C27H22F3O3P/c28-27(29,30)26(31,21-16-18-23(19-17-21)33-22-10-4-1-5-11-22)20-34(32,24-12-6-2-7-13-24)25-14-8-3-9-15-25/h1-19,31H,20H2. The van der Waals surface area contributed by atoms with Crippen LogP contribution in [0.3, 0.4) is 0 Å². The highest BCUT2D eigenvalue weighted by molar-refractivity contribution is 7.78. The molecule has 4 aromatic carbocycles. The average Bonchev–Trinajstić information content (AvgIpc) is 2.85. The van der Waals surface area contributed by atoms with Crippen molar-refractivity contribution < 1.29 is 27.6 Å². The van der Waals surface area contributed by atoms with Crippen LogP contribution in [0.4, 0.5) is 13.2 Å². The van der Waals surface area contributed by atoms with E-state index in [1.54, 1.807) is 60.7 Å². The maximum Gasteiger partial charge on any atom is 0.421 e. The highest BCUT2D eigenvalue weighted by Crippen LogP contribution is 2.53. The molecule has 0 aromatic heterocycles. The van der Waals surface area contributed by atoms with Crippen molar-refractivity contribution in [3.63, 3.8) is 0 Å². The number of hydrogen-bond donors (Lipinski definition) is 1. The first kappa shape index (κ1) is 23.8. The van der Waals surface area contributed by atoms with Crippen LogP contribution in [0.25, 0.3) is 0 Å². The Hall–Kier alpha value is -3.34. The molecule has 0 amide bonds. The molecule has 174 valence electrons. The van der Waals surface area contributed by atoms with Crippen LogP contribution < -0.4 is 15.3 Å². The molecule has 0 saturated carbocycles. The number of hydrogen-bond acceptors (Lipinski definition) is 3. The van der Waals surface area contributed by atoms with Gasteiger partial charge in [0.1, 0.15) is 18.6 Å². The Morgan fingerprint density at radius 1 is 0.647 bits per heavy atom. The van der Waals surface area contributed by atoms with Crippen molar-refractivity contribution in [3.05, 3.63) is 121 Å². The fourth-order valence-electron chi connectivity index (χ4n) is 3.76. The molecule has 0 heterocycles. The molecule has 1 atom stereocenters. The first-order valence-electron chi connectivity index (χ1n) is 10.6. The monoisotopic (exact) mass is 482 g/mol. The molecule has 0 aliphatic rings. The van der Waals surface area contributed by atoms with Crippen molar-refractivity contribution in [1.82, 2.24) is 0 Å². The van der Waals surface area contributed by atoms with Crippen LogP contribution in [0.5, 0.6) is 11.5 Å². The third-order valence-electron chi connectivity index (χ3n) is 5.58. The molecule has 4 rings (SSSR count). The number of benzene rings is 4. The number of ether oxygens (including phenoxy) is 1. The summed E-state index contributed by atoms with van der Waals surface area (Å²) in [7, 11) is -3.88. The zero-order valence-electron chi connectivity index (χ0n) is 18.0. The second kappa shape index (κ2) is 9.49. The van der Waals surface area contributed by atoms with Gasteiger partial charge in [0, 0.05) is 10.6 Å². The van der Waals surface area contributed by atoms with Crippen molar-refractivity contribution in [1.29, 1.82) is 0 Å². The Morgan fingerprint density at radius 2 is 1.06 bits per heavy atom. The second-order valence-corrected chi connectivity index (χ2v) is 10.7.